The molecule has 0 unspecified atom stereocenters. The molecule has 19 heavy (non-hydrogen) atoms. The maximum Gasteiger partial charge on any atom is 0.253 e. The zero-order valence-corrected chi connectivity index (χ0v) is 12.1. The number of halogens is 1. The number of carbonyl (C=O) groups excluding carboxylic acids is 1. The highest BCUT2D eigenvalue weighted by Gasteiger charge is 2.16. The molecule has 1 aliphatic carbocycles. The van der Waals surface area contributed by atoms with Crippen LogP contribution in [-0.4, -0.2) is 19.5 Å². The summed E-state index contributed by atoms with van der Waals surface area (Å²) >= 11 is 5.96. The Morgan fingerprint density at radius 2 is 2.05 bits per heavy atom. The summed E-state index contributed by atoms with van der Waals surface area (Å²) in [6.07, 6.45) is 6.38. The molecular formula is C15H21ClN2O. The fourth-order valence-corrected chi connectivity index (χ4v) is 2.82. The SMILES string of the molecule is CNc1ccc(Cl)cc1C(=O)NCC1CCCCC1. The van der Waals surface area contributed by atoms with Crippen molar-refractivity contribution in [2.45, 2.75) is 32.1 Å². The van der Waals surface area contributed by atoms with Crippen LogP contribution in [0.1, 0.15) is 42.5 Å². The first-order valence-corrected chi connectivity index (χ1v) is 7.34. The van der Waals surface area contributed by atoms with Crippen LogP contribution in [0.2, 0.25) is 5.02 Å². The van der Waals surface area contributed by atoms with E-state index in [1.54, 1.807) is 19.2 Å². The fraction of sp³-hybridized carbons (Fsp3) is 0.533. The van der Waals surface area contributed by atoms with Gasteiger partial charge in [0, 0.05) is 24.3 Å². The zero-order chi connectivity index (χ0) is 13.7. The highest BCUT2D eigenvalue weighted by molar-refractivity contribution is 6.31. The molecule has 0 bridgehead atoms. The summed E-state index contributed by atoms with van der Waals surface area (Å²) in [4.78, 5) is 12.2. The van der Waals surface area contributed by atoms with Crippen molar-refractivity contribution in [3.05, 3.63) is 28.8 Å². The summed E-state index contributed by atoms with van der Waals surface area (Å²) in [7, 11) is 1.81. The van der Waals surface area contributed by atoms with E-state index < -0.39 is 0 Å². The Balaban J connectivity index is 1.97. The van der Waals surface area contributed by atoms with E-state index in [0.717, 1.165) is 12.2 Å². The van der Waals surface area contributed by atoms with Crippen molar-refractivity contribution < 1.29 is 4.79 Å². The topological polar surface area (TPSA) is 41.1 Å². The zero-order valence-electron chi connectivity index (χ0n) is 11.3. The largest absolute Gasteiger partial charge is 0.387 e. The number of hydrogen-bond acceptors (Lipinski definition) is 2. The molecule has 0 atom stereocenters. The normalized spacial score (nSPS) is 16.1. The van der Waals surface area contributed by atoms with Gasteiger partial charge in [0.2, 0.25) is 0 Å². The number of rotatable bonds is 4. The smallest absolute Gasteiger partial charge is 0.253 e. The average Bonchev–Trinajstić information content (AvgIpc) is 2.46. The third kappa shape index (κ3) is 3.87. The molecule has 1 fully saturated rings. The number of anilines is 1. The van der Waals surface area contributed by atoms with E-state index in [9.17, 15) is 4.79 Å². The second kappa shape index (κ2) is 6.80. The van der Waals surface area contributed by atoms with Crippen molar-refractivity contribution in [3.8, 4) is 0 Å². The summed E-state index contributed by atoms with van der Waals surface area (Å²) in [5.41, 5.74) is 1.43. The monoisotopic (exact) mass is 280 g/mol. The molecule has 1 aliphatic rings. The highest BCUT2D eigenvalue weighted by Crippen LogP contribution is 2.24. The molecule has 2 rings (SSSR count). The molecule has 0 radical (unpaired) electrons. The number of carbonyl (C=O) groups is 1. The molecule has 0 saturated heterocycles. The van der Waals surface area contributed by atoms with Gasteiger partial charge in [0.15, 0.2) is 0 Å². The maximum atomic E-state index is 12.2. The van der Waals surface area contributed by atoms with Gasteiger partial charge in [0.25, 0.3) is 5.91 Å². The highest BCUT2D eigenvalue weighted by atomic mass is 35.5. The molecule has 2 N–H and O–H groups in total. The first-order chi connectivity index (χ1) is 9.20. The minimum atomic E-state index is -0.0441. The van der Waals surface area contributed by atoms with Crippen molar-refractivity contribution in [1.29, 1.82) is 0 Å². The molecule has 104 valence electrons. The van der Waals surface area contributed by atoms with Crippen molar-refractivity contribution in [2.75, 3.05) is 18.9 Å². The fourth-order valence-electron chi connectivity index (χ4n) is 2.65. The number of hydrogen-bond donors (Lipinski definition) is 2. The van der Waals surface area contributed by atoms with Crippen LogP contribution in [-0.2, 0) is 0 Å². The Bertz CT molecular complexity index is 442. The first-order valence-electron chi connectivity index (χ1n) is 6.96. The van der Waals surface area contributed by atoms with Gasteiger partial charge in [0.05, 0.1) is 5.56 Å². The third-order valence-corrected chi connectivity index (χ3v) is 4.01. The standard InChI is InChI=1S/C15H21ClN2O/c1-17-14-8-7-12(16)9-13(14)15(19)18-10-11-5-3-2-4-6-11/h7-9,11,17H,2-6,10H2,1H3,(H,18,19). The molecule has 0 heterocycles. The predicted octanol–water partition coefficient (Wildman–Crippen LogP) is 3.69. The molecule has 1 aromatic rings. The van der Waals surface area contributed by atoms with Gasteiger partial charge in [-0.15, -0.1) is 0 Å². The molecule has 1 saturated carbocycles. The van der Waals surface area contributed by atoms with Crippen molar-refractivity contribution in [2.24, 2.45) is 5.92 Å². The molecule has 0 spiro atoms. The van der Waals surface area contributed by atoms with Crippen molar-refractivity contribution in [3.63, 3.8) is 0 Å². The van der Waals surface area contributed by atoms with Crippen LogP contribution >= 0.6 is 11.6 Å². The second-order valence-electron chi connectivity index (χ2n) is 5.15. The summed E-state index contributed by atoms with van der Waals surface area (Å²) in [6, 6.07) is 5.33. The Labute approximate surface area is 119 Å². The third-order valence-electron chi connectivity index (χ3n) is 3.77. The quantitative estimate of drug-likeness (QED) is 0.883. The van der Waals surface area contributed by atoms with E-state index >= 15 is 0 Å². The first kappa shape index (κ1) is 14.2. The van der Waals surface area contributed by atoms with E-state index in [1.807, 2.05) is 6.07 Å². The van der Waals surface area contributed by atoms with E-state index in [0.29, 0.717) is 16.5 Å². The molecule has 1 aromatic carbocycles. The van der Waals surface area contributed by atoms with Crippen LogP contribution in [0.4, 0.5) is 5.69 Å². The van der Waals surface area contributed by atoms with Gasteiger partial charge in [-0.3, -0.25) is 4.79 Å². The van der Waals surface area contributed by atoms with E-state index in [1.165, 1.54) is 32.1 Å². The number of amides is 1. The summed E-state index contributed by atoms with van der Waals surface area (Å²) in [5.74, 6) is 0.590. The van der Waals surface area contributed by atoms with Gasteiger partial charge in [-0.1, -0.05) is 30.9 Å². The maximum absolute atomic E-state index is 12.2. The Kier molecular flexibility index (Phi) is 5.08. The van der Waals surface area contributed by atoms with Gasteiger partial charge in [-0.05, 0) is 37.0 Å². The van der Waals surface area contributed by atoms with Crippen LogP contribution in [0.3, 0.4) is 0 Å². The minimum absolute atomic E-state index is 0.0441. The van der Waals surface area contributed by atoms with Crippen LogP contribution < -0.4 is 10.6 Å². The summed E-state index contributed by atoms with van der Waals surface area (Å²) in [5, 5.41) is 6.64. The number of benzene rings is 1. The summed E-state index contributed by atoms with van der Waals surface area (Å²) in [6.45, 7) is 0.772. The summed E-state index contributed by atoms with van der Waals surface area (Å²) < 4.78 is 0. The molecule has 0 aliphatic heterocycles. The molecule has 0 aromatic heterocycles. The van der Waals surface area contributed by atoms with Gasteiger partial charge >= 0.3 is 0 Å². The predicted molar refractivity (Wildman–Crippen MR) is 79.9 cm³/mol. The van der Waals surface area contributed by atoms with Gasteiger partial charge < -0.3 is 10.6 Å². The van der Waals surface area contributed by atoms with Crippen LogP contribution in [0.5, 0.6) is 0 Å². The van der Waals surface area contributed by atoms with Gasteiger partial charge in [-0.25, -0.2) is 0 Å². The Morgan fingerprint density at radius 1 is 1.32 bits per heavy atom. The van der Waals surface area contributed by atoms with E-state index in [2.05, 4.69) is 10.6 Å². The second-order valence-corrected chi connectivity index (χ2v) is 5.59. The van der Waals surface area contributed by atoms with Gasteiger partial charge in [0.1, 0.15) is 0 Å². The van der Waals surface area contributed by atoms with Gasteiger partial charge in [-0.2, -0.15) is 0 Å². The van der Waals surface area contributed by atoms with E-state index in [4.69, 9.17) is 11.6 Å². The van der Waals surface area contributed by atoms with E-state index in [-0.39, 0.29) is 5.91 Å². The van der Waals surface area contributed by atoms with Crippen molar-refractivity contribution in [1.82, 2.24) is 5.32 Å². The lowest BCUT2D eigenvalue weighted by Crippen LogP contribution is -2.30. The molecule has 1 amide bonds. The lowest BCUT2D eigenvalue weighted by molar-refractivity contribution is 0.0944. The lowest BCUT2D eigenvalue weighted by Gasteiger charge is -2.22. The van der Waals surface area contributed by atoms with Crippen LogP contribution in [0.25, 0.3) is 0 Å². The average molecular weight is 281 g/mol. The lowest BCUT2D eigenvalue weighted by atomic mass is 9.89. The van der Waals surface area contributed by atoms with Crippen LogP contribution in [0, 0.1) is 5.92 Å². The van der Waals surface area contributed by atoms with Crippen LogP contribution in [0.15, 0.2) is 18.2 Å². The number of nitrogens with one attached hydrogen (secondary N) is 2. The Hall–Kier alpha value is -1.22. The van der Waals surface area contributed by atoms with Crippen molar-refractivity contribution >= 4 is 23.2 Å². The Morgan fingerprint density at radius 3 is 2.74 bits per heavy atom. The minimum Gasteiger partial charge on any atom is -0.387 e. The molecular weight excluding hydrogens is 260 g/mol. The molecule has 3 nitrogen and oxygen atoms in total. The molecule has 4 heteroatoms.